The lowest BCUT2D eigenvalue weighted by Crippen LogP contribution is -2.49. The van der Waals surface area contributed by atoms with Gasteiger partial charge in [-0.2, -0.15) is 0 Å². The van der Waals surface area contributed by atoms with Crippen LogP contribution < -0.4 is 10.2 Å². The Labute approximate surface area is 94.5 Å². The van der Waals surface area contributed by atoms with Crippen LogP contribution in [0.3, 0.4) is 0 Å². The van der Waals surface area contributed by atoms with Crippen LogP contribution in [-0.4, -0.2) is 30.1 Å². The first-order valence-electron chi connectivity index (χ1n) is 5.30. The second-order valence-electron chi connectivity index (χ2n) is 3.66. The van der Waals surface area contributed by atoms with Crippen molar-refractivity contribution in [2.45, 2.75) is 13.0 Å². The van der Waals surface area contributed by atoms with Crippen molar-refractivity contribution in [3.63, 3.8) is 0 Å². The van der Waals surface area contributed by atoms with E-state index in [4.69, 9.17) is 4.84 Å². The number of carbonyl (C=O) groups excluding carboxylic acids is 1. The average Bonchev–Trinajstić information content (AvgIpc) is 2.33. The standard InChI is InChI=1S/C12H14N2O2/c1-10-12(9-15)13-7-8-14(10)16-11-5-3-2-4-6-11/h2-6,10,13H,7-8H2,1H3. The van der Waals surface area contributed by atoms with Crippen molar-refractivity contribution in [3.8, 4) is 5.75 Å². The zero-order valence-corrected chi connectivity index (χ0v) is 9.14. The van der Waals surface area contributed by atoms with Crippen LogP contribution >= 0.6 is 0 Å². The molecule has 0 aromatic heterocycles. The average molecular weight is 218 g/mol. The molecule has 0 amide bonds. The molecule has 2 rings (SSSR count). The van der Waals surface area contributed by atoms with Crippen LogP contribution in [-0.2, 0) is 4.79 Å². The summed E-state index contributed by atoms with van der Waals surface area (Å²) in [7, 11) is 0. The molecule has 1 unspecified atom stereocenters. The van der Waals surface area contributed by atoms with E-state index in [-0.39, 0.29) is 6.04 Å². The van der Waals surface area contributed by atoms with E-state index in [1.54, 1.807) is 5.06 Å². The van der Waals surface area contributed by atoms with Crippen molar-refractivity contribution in [2.24, 2.45) is 0 Å². The maximum absolute atomic E-state index is 10.7. The summed E-state index contributed by atoms with van der Waals surface area (Å²) in [6.45, 7) is 3.35. The number of piperazine rings is 1. The summed E-state index contributed by atoms with van der Waals surface area (Å²) in [5.41, 5.74) is 0.544. The fourth-order valence-corrected chi connectivity index (χ4v) is 1.65. The van der Waals surface area contributed by atoms with Crippen LogP contribution in [0.25, 0.3) is 0 Å². The summed E-state index contributed by atoms with van der Waals surface area (Å²) >= 11 is 0. The van der Waals surface area contributed by atoms with Gasteiger partial charge in [0.2, 0.25) is 0 Å². The highest BCUT2D eigenvalue weighted by Gasteiger charge is 2.25. The minimum Gasteiger partial charge on any atom is -0.405 e. The molecule has 1 atom stereocenters. The molecule has 0 aliphatic carbocycles. The molecule has 0 radical (unpaired) electrons. The zero-order valence-electron chi connectivity index (χ0n) is 9.14. The molecule has 16 heavy (non-hydrogen) atoms. The number of hydrogen-bond donors (Lipinski definition) is 1. The highest BCUT2D eigenvalue weighted by Crippen LogP contribution is 2.16. The number of hydrogen-bond acceptors (Lipinski definition) is 4. The largest absolute Gasteiger partial charge is 0.405 e. The Kier molecular flexibility index (Phi) is 3.25. The van der Waals surface area contributed by atoms with Gasteiger partial charge >= 0.3 is 0 Å². The number of nitrogens with one attached hydrogen (secondary N) is 1. The molecule has 1 aromatic rings. The Morgan fingerprint density at radius 3 is 2.88 bits per heavy atom. The molecule has 4 heteroatoms. The van der Waals surface area contributed by atoms with Gasteiger partial charge in [0, 0.05) is 6.54 Å². The van der Waals surface area contributed by atoms with Crippen LogP contribution in [0.4, 0.5) is 0 Å². The van der Waals surface area contributed by atoms with Crippen molar-refractivity contribution < 1.29 is 9.63 Å². The molecule has 4 nitrogen and oxygen atoms in total. The SMILES string of the molecule is CC1C(=C=O)NCCN1Oc1ccccc1. The minimum absolute atomic E-state index is 0.0912. The lowest BCUT2D eigenvalue weighted by Gasteiger charge is -2.33. The summed E-state index contributed by atoms with van der Waals surface area (Å²) in [6.07, 6.45) is 0. The van der Waals surface area contributed by atoms with Gasteiger partial charge in [-0.3, -0.25) is 0 Å². The summed E-state index contributed by atoms with van der Waals surface area (Å²) in [4.78, 5) is 16.4. The van der Waals surface area contributed by atoms with E-state index >= 15 is 0 Å². The molecule has 1 aliphatic rings. The molecule has 1 aromatic carbocycles. The predicted molar refractivity (Wildman–Crippen MR) is 60.4 cm³/mol. The third kappa shape index (κ3) is 2.24. The summed E-state index contributed by atoms with van der Waals surface area (Å²) in [6, 6.07) is 9.45. The van der Waals surface area contributed by atoms with E-state index in [1.807, 2.05) is 43.2 Å². The summed E-state index contributed by atoms with van der Waals surface area (Å²) in [5.74, 6) is 2.68. The second kappa shape index (κ2) is 4.84. The summed E-state index contributed by atoms with van der Waals surface area (Å²) in [5, 5.41) is 4.79. The molecule has 1 aliphatic heterocycles. The van der Waals surface area contributed by atoms with Gasteiger partial charge in [-0.05, 0) is 19.1 Å². The zero-order chi connectivity index (χ0) is 11.4. The Balaban J connectivity index is 2.07. The van der Waals surface area contributed by atoms with E-state index in [0.717, 1.165) is 12.3 Å². The topological polar surface area (TPSA) is 41.6 Å². The third-order valence-corrected chi connectivity index (χ3v) is 2.57. The number of benzene rings is 1. The lowest BCUT2D eigenvalue weighted by molar-refractivity contribution is -0.0884. The van der Waals surface area contributed by atoms with E-state index in [9.17, 15) is 4.79 Å². The molecule has 84 valence electrons. The third-order valence-electron chi connectivity index (χ3n) is 2.57. The molecule has 0 spiro atoms. The smallest absolute Gasteiger partial charge is 0.147 e. The Bertz CT molecular complexity index is 399. The van der Waals surface area contributed by atoms with Crippen molar-refractivity contribution in [1.29, 1.82) is 0 Å². The first-order chi connectivity index (χ1) is 7.81. The molecule has 1 N–H and O–H groups in total. The van der Waals surface area contributed by atoms with Crippen LogP contribution in [0.1, 0.15) is 6.92 Å². The number of hydroxylamine groups is 2. The molecular weight excluding hydrogens is 204 g/mol. The van der Waals surface area contributed by atoms with Gasteiger partial charge in [-0.25, -0.2) is 4.79 Å². The molecule has 0 saturated carbocycles. The van der Waals surface area contributed by atoms with E-state index in [2.05, 4.69) is 5.32 Å². The monoisotopic (exact) mass is 218 g/mol. The Morgan fingerprint density at radius 1 is 1.44 bits per heavy atom. The summed E-state index contributed by atoms with van der Waals surface area (Å²) < 4.78 is 0. The molecule has 1 saturated heterocycles. The van der Waals surface area contributed by atoms with E-state index < -0.39 is 0 Å². The predicted octanol–water partition coefficient (Wildman–Crippen LogP) is 0.990. The normalized spacial score (nSPS) is 21.1. The van der Waals surface area contributed by atoms with Gasteiger partial charge < -0.3 is 10.2 Å². The van der Waals surface area contributed by atoms with Crippen molar-refractivity contribution in [3.05, 3.63) is 36.0 Å². The van der Waals surface area contributed by atoms with Gasteiger partial charge in [0.15, 0.2) is 0 Å². The second-order valence-corrected chi connectivity index (χ2v) is 3.66. The highest BCUT2D eigenvalue weighted by molar-refractivity contribution is 5.53. The first-order valence-corrected chi connectivity index (χ1v) is 5.30. The maximum Gasteiger partial charge on any atom is 0.147 e. The van der Waals surface area contributed by atoms with Crippen LogP contribution in [0.2, 0.25) is 0 Å². The molecule has 0 bridgehead atoms. The number of para-hydroxylation sites is 1. The molecule has 1 fully saturated rings. The lowest BCUT2D eigenvalue weighted by atomic mass is 10.2. The van der Waals surface area contributed by atoms with E-state index in [1.165, 1.54) is 0 Å². The fraction of sp³-hybridized carbons (Fsp3) is 0.333. The molecular formula is C12H14N2O2. The number of rotatable bonds is 2. The van der Waals surface area contributed by atoms with Gasteiger partial charge in [-0.1, -0.05) is 18.2 Å². The first kappa shape index (κ1) is 10.7. The van der Waals surface area contributed by atoms with Gasteiger partial charge in [0.1, 0.15) is 17.4 Å². The van der Waals surface area contributed by atoms with E-state index in [0.29, 0.717) is 12.2 Å². The Hall–Kier alpha value is -1.77. The number of nitrogens with zero attached hydrogens (tertiary/aromatic N) is 1. The van der Waals surface area contributed by atoms with Crippen LogP contribution in [0, 0.1) is 0 Å². The van der Waals surface area contributed by atoms with Crippen LogP contribution in [0.5, 0.6) is 5.75 Å². The van der Waals surface area contributed by atoms with Crippen molar-refractivity contribution in [2.75, 3.05) is 13.1 Å². The maximum atomic E-state index is 10.7. The highest BCUT2D eigenvalue weighted by atomic mass is 16.7. The van der Waals surface area contributed by atoms with Crippen molar-refractivity contribution in [1.82, 2.24) is 10.4 Å². The van der Waals surface area contributed by atoms with Gasteiger partial charge in [-0.15, -0.1) is 5.06 Å². The fourth-order valence-electron chi connectivity index (χ4n) is 1.65. The van der Waals surface area contributed by atoms with Gasteiger partial charge in [0.25, 0.3) is 0 Å². The van der Waals surface area contributed by atoms with Crippen molar-refractivity contribution >= 4 is 5.94 Å². The minimum atomic E-state index is -0.0912. The quantitative estimate of drug-likeness (QED) is 0.752. The van der Waals surface area contributed by atoms with Crippen LogP contribution in [0.15, 0.2) is 36.0 Å². The Morgan fingerprint density at radius 2 is 2.19 bits per heavy atom. The van der Waals surface area contributed by atoms with Gasteiger partial charge in [0.05, 0.1) is 12.6 Å². The molecule has 1 heterocycles.